The molecule has 0 aliphatic carbocycles. The van der Waals surface area contributed by atoms with Crippen LogP contribution in [0.25, 0.3) is 0 Å². The van der Waals surface area contributed by atoms with E-state index in [1.807, 2.05) is 0 Å². The Kier molecular flexibility index (Phi) is 8.53. The predicted octanol–water partition coefficient (Wildman–Crippen LogP) is -6.22. The number of hydrogen-bond donors (Lipinski definition) is 10. The van der Waals surface area contributed by atoms with Gasteiger partial charge in [0.2, 0.25) is 11.7 Å². The third-order valence-electron chi connectivity index (χ3n) is 4.97. The quantitative estimate of drug-likeness (QED) is 0.121. The molecule has 16 heteroatoms. The molecule has 0 spiro atoms. The number of nitrogens with zero attached hydrogens (tertiary/aromatic N) is 1. The molecule has 33 heavy (non-hydrogen) atoms. The fraction of sp³-hybridized carbons (Fsp3) is 0.647. The second-order valence-corrected chi connectivity index (χ2v) is 7.40. The Morgan fingerprint density at radius 1 is 1.15 bits per heavy atom. The lowest BCUT2D eigenvalue weighted by molar-refractivity contribution is -0.254. The summed E-state index contributed by atoms with van der Waals surface area (Å²) in [7, 11) is 0. The number of aliphatic hydroxyl groups is 5. The van der Waals surface area contributed by atoms with Gasteiger partial charge in [0.05, 0.1) is 18.7 Å². The van der Waals surface area contributed by atoms with Crippen LogP contribution in [0.5, 0.6) is 0 Å². The Labute approximate surface area is 186 Å². The summed E-state index contributed by atoms with van der Waals surface area (Å²) in [5.74, 6) is -4.70. The fourth-order valence-corrected chi connectivity index (χ4v) is 3.44. The number of aliphatic imine (C=N–C) groups is 1. The molecule has 9 atom stereocenters. The number of nitrogens with two attached hydrogens (primary N) is 2. The van der Waals surface area contributed by atoms with E-state index in [0.717, 1.165) is 13.0 Å². The first-order chi connectivity index (χ1) is 15.4. The Hall–Kier alpha value is -3.02. The van der Waals surface area contributed by atoms with Crippen LogP contribution in [0.4, 0.5) is 0 Å². The summed E-state index contributed by atoms with van der Waals surface area (Å²) in [6.45, 7) is 0.376. The highest BCUT2D eigenvalue weighted by atomic mass is 16.6. The van der Waals surface area contributed by atoms with Gasteiger partial charge in [-0.25, -0.2) is 9.79 Å². The van der Waals surface area contributed by atoms with Gasteiger partial charge >= 0.3 is 5.97 Å². The number of rotatable bonds is 7. The maximum absolute atomic E-state index is 12.7. The van der Waals surface area contributed by atoms with Crippen molar-refractivity contribution in [3.63, 3.8) is 0 Å². The Morgan fingerprint density at radius 3 is 2.30 bits per heavy atom. The molecule has 186 valence electrons. The van der Waals surface area contributed by atoms with Crippen molar-refractivity contribution in [3.8, 4) is 0 Å². The van der Waals surface area contributed by atoms with Gasteiger partial charge in [0.1, 0.15) is 24.4 Å². The summed E-state index contributed by atoms with van der Waals surface area (Å²) in [4.78, 5) is 39.6. The molecular formula is C17H27N5O11. The number of amides is 2. The van der Waals surface area contributed by atoms with E-state index in [-0.39, 0.29) is 0 Å². The van der Waals surface area contributed by atoms with Gasteiger partial charge in [-0.1, -0.05) is 0 Å². The van der Waals surface area contributed by atoms with Crippen molar-refractivity contribution in [3.05, 3.63) is 11.8 Å². The summed E-state index contributed by atoms with van der Waals surface area (Å²) in [5.41, 5.74) is 10.7. The van der Waals surface area contributed by atoms with Crippen LogP contribution < -0.4 is 22.1 Å². The van der Waals surface area contributed by atoms with Crippen LogP contribution in [0.1, 0.15) is 6.92 Å². The van der Waals surface area contributed by atoms with Crippen molar-refractivity contribution >= 4 is 23.7 Å². The maximum atomic E-state index is 12.7. The Bertz CT molecular complexity index is 817. The molecule has 2 heterocycles. The first kappa shape index (κ1) is 26.2. The molecule has 0 bridgehead atoms. The van der Waals surface area contributed by atoms with E-state index < -0.39 is 91.0 Å². The van der Waals surface area contributed by atoms with Gasteiger partial charge in [0.15, 0.2) is 24.5 Å². The zero-order valence-electron chi connectivity index (χ0n) is 17.3. The number of carbonyl (C=O) groups excluding carboxylic acids is 2. The highest BCUT2D eigenvalue weighted by Crippen LogP contribution is 2.25. The molecule has 0 saturated carbocycles. The van der Waals surface area contributed by atoms with Gasteiger partial charge in [-0.2, -0.15) is 0 Å². The van der Waals surface area contributed by atoms with Crippen molar-refractivity contribution in [1.82, 2.24) is 10.6 Å². The predicted molar refractivity (Wildman–Crippen MR) is 106 cm³/mol. The number of aliphatic carboxylic acids is 1. The minimum atomic E-state index is -2.19. The Balaban J connectivity index is 2.30. The van der Waals surface area contributed by atoms with E-state index in [1.54, 1.807) is 0 Å². The SMILES string of the molecule is CC(=O)N[C@@H]1[C@@H](N=C(N)N)C=C(C(=O)O)O[C@H]1C(O)C(=O)NC1C(O)C(O)C(CO)O[C@@H]1O. The van der Waals surface area contributed by atoms with Crippen LogP contribution in [0.15, 0.2) is 16.8 Å². The number of guanidine groups is 1. The van der Waals surface area contributed by atoms with Crippen molar-refractivity contribution in [1.29, 1.82) is 0 Å². The molecule has 12 N–H and O–H groups in total. The van der Waals surface area contributed by atoms with Gasteiger partial charge in [0.25, 0.3) is 5.91 Å². The molecular weight excluding hydrogens is 450 g/mol. The van der Waals surface area contributed by atoms with Gasteiger partial charge < -0.3 is 62.2 Å². The number of carboxylic acids is 1. The van der Waals surface area contributed by atoms with E-state index in [4.69, 9.17) is 26.0 Å². The second-order valence-electron chi connectivity index (χ2n) is 7.40. The van der Waals surface area contributed by atoms with Gasteiger partial charge in [0, 0.05) is 6.92 Å². The summed E-state index contributed by atoms with van der Waals surface area (Å²) >= 11 is 0. The van der Waals surface area contributed by atoms with E-state index in [0.29, 0.717) is 0 Å². The summed E-state index contributed by atoms with van der Waals surface area (Å²) in [6.07, 6.45) is -9.64. The second kappa shape index (κ2) is 10.7. The van der Waals surface area contributed by atoms with Gasteiger partial charge in [-0.15, -0.1) is 0 Å². The van der Waals surface area contributed by atoms with Crippen LogP contribution in [-0.4, -0.2) is 116 Å². The largest absolute Gasteiger partial charge is 0.478 e. The van der Waals surface area contributed by atoms with Crippen LogP contribution >= 0.6 is 0 Å². The highest BCUT2D eigenvalue weighted by molar-refractivity contribution is 5.86. The minimum Gasteiger partial charge on any atom is -0.478 e. The molecule has 2 aliphatic heterocycles. The first-order valence-corrected chi connectivity index (χ1v) is 9.64. The fourth-order valence-electron chi connectivity index (χ4n) is 3.44. The third-order valence-corrected chi connectivity index (χ3v) is 4.97. The number of ether oxygens (including phenoxy) is 2. The molecule has 0 aromatic heterocycles. The number of carboxylic acid groups (broad SMARTS) is 1. The number of hydrogen-bond acceptors (Lipinski definition) is 11. The topological polar surface area (TPSA) is 280 Å². The number of aliphatic hydroxyl groups excluding tert-OH is 5. The standard InChI is InChI=1S/C17H27N5O11/c1-4(24)20-8-5(21-17(18)19)2-6(15(29)30)32-13(8)12(27)14(28)22-9-11(26)10(25)7(3-23)33-16(9)31/h2,5,7-13,16,23,25-27,31H,3H2,1H3,(H,20,24)(H,22,28)(H,29,30)(H4,18,19,21)/t5-,7?,8+,9?,10?,11?,12?,13+,16-/m0/s1. The zero-order valence-corrected chi connectivity index (χ0v) is 17.3. The summed E-state index contributed by atoms with van der Waals surface area (Å²) < 4.78 is 10.1. The third kappa shape index (κ3) is 6.06. The molecule has 16 nitrogen and oxygen atoms in total. The van der Waals surface area contributed by atoms with Gasteiger partial charge in [-0.05, 0) is 6.08 Å². The Morgan fingerprint density at radius 2 is 1.79 bits per heavy atom. The number of nitrogens with one attached hydrogen (secondary N) is 2. The van der Waals surface area contributed by atoms with E-state index in [9.17, 15) is 39.9 Å². The molecule has 1 saturated heterocycles. The average Bonchev–Trinajstić information content (AvgIpc) is 2.73. The molecule has 1 fully saturated rings. The number of carbonyl (C=O) groups is 3. The lowest BCUT2D eigenvalue weighted by Gasteiger charge is -2.41. The monoisotopic (exact) mass is 477 g/mol. The van der Waals surface area contributed by atoms with Crippen LogP contribution in [0.3, 0.4) is 0 Å². The van der Waals surface area contributed by atoms with Crippen molar-refractivity contribution in [2.24, 2.45) is 16.5 Å². The lowest BCUT2D eigenvalue weighted by Crippen LogP contribution is -2.66. The first-order valence-electron chi connectivity index (χ1n) is 9.64. The maximum Gasteiger partial charge on any atom is 0.370 e. The minimum absolute atomic E-state index is 0.478. The van der Waals surface area contributed by atoms with E-state index in [1.165, 1.54) is 0 Å². The molecule has 0 radical (unpaired) electrons. The van der Waals surface area contributed by atoms with Crippen LogP contribution in [0.2, 0.25) is 0 Å². The smallest absolute Gasteiger partial charge is 0.370 e. The van der Waals surface area contributed by atoms with Crippen molar-refractivity contribution in [2.45, 2.75) is 61.9 Å². The molecule has 0 aromatic carbocycles. The van der Waals surface area contributed by atoms with E-state index in [2.05, 4.69) is 15.6 Å². The normalized spacial score (nSPS) is 34.8. The van der Waals surface area contributed by atoms with Gasteiger partial charge in [-0.3, -0.25) is 9.59 Å². The molecule has 5 unspecified atom stereocenters. The molecule has 2 rings (SSSR count). The van der Waals surface area contributed by atoms with Crippen LogP contribution in [-0.2, 0) is 23.9 Å². The van der Waals surface area contributed by atoms with Crippen LogP contribution in [0, 0.1) is 0 Å². The summed E-state index contributed by atoms with van der Waals surface area (Å²) in [5, 5.41) is 63.6. The molecule has 2 amide bonds. The summed E-state index contributed by atoms with van der Waals surface area (Å²) in [6, 6.07) is -4.20. The zero-order chi connectivity index (χ0) is 25.0. The molecule has 0 aromatic rings. The molecule has 2 aliphatic rings. The lowest BCUT2D eigenvalue weighted by atomic mass is 9.93. The van der Waals surface area contributed by atoms with Crippen molar-refractivity contribution < 1.29 is 54.5 Å². The average molecular weight is 477 g/mol. The highest BCUT2D eigenvalue weighted by Gasteiger charge is 2.48. The van der Waals surface area contributed by atoms with Crippen molar-refractivity contribution in [2.75, 3.05) is 6.61 Å². The van der Waals surface area contributed by atoms with E-state index >= 15 is 0 Å².